The van der Waals surface area contributed by atoms with Gasteiger partial charge in [-0.05, 0) is 61.4 Å². The van der Waals surface area contributed by atoms with E-state index in [0.29, 0.717) is 0 Å². The maximum Gasteiger partial charge on any atom is 0.129 e. The van der Waals surface area contributed by atoms with Crippen molar-refractivity contribution in [3.05, 3.63) is 41.7 Å². The van der Waals surface area contributed by atoms with Gasteiger partial charge in [0.2, 0.25) is 0 Å². The summed E-state index contributed by atoms with van der Waals surface area (Å²) < 4.78 is 6.83. The molecule has 0 saturated carbocycles. The minimum Gasteiger partial charge on any atom is -0.493 e. The lowest BCUT2D eigenvalue weighted by atomic mass is 9.96. The average Bonchev–Trinajstić information content (AvgIpc) is 3.34. The van der Waals surface area contributed by atoms with Crippen molar-refractivity contribution in [1.29, 1.82) is 0 Å². The Bertz CT molecular complexity index is 1530. The zero-order chi connectivity index (χ0) is 47.3. The molecule has 3 nitrogen and oxygen atoms in total. The van der Waals surface area contributed by atoms with Gasteiger partial charge in [-0.2, -0.15) is 0 Å². The molecule has 0 aliphatic rings. The van der Waals surface area contributed by atoms with Gasteiger partial charge in [-0.25, -0.2) is 0 Å². The number of fused-ring (bicyclic) bond motifs is 3. The van der Waals surface area contributed by atoms with Crippen molar-refractivity contribution in [1.82, 2.24) is 9.97 Å². The lowest BCUT2D eigenvalue weighted by Crippen LogP contribution is -2.02. The van der Waals surface area contributed by atoms with E-state index in [0.717, 1.165) is 42.7 Å². The molecule has 3 rings (SSSR count). The van der Waals surface area contributed by atoms with E-state index in [2.05, 4.69) is 39.0 Å². The van der Waals surface area contributed by atoms with Crippen LogP contribution in [0.25, 0.3) is 21.8 Å². The second-order valence-corrected chi connectivity index (χ2v) is 21.5. The minimum atomic E-state index is 0.793. The van der Waals surface area contributed by atoms with Crippen LogP contribution in [0.2, 0.25) is 0 Å². The quantitative estimate of drug-likeness (QED) is 0.0418. The van der Waals surface area contributed by atoms with Crippen molar-refractivity contribution < 1.29 is 4.74 Å². The molecule has 0 saturated heterocycles. The van der Waals surface area contributed by atoms with E-state index in [1.165, 1.54) is 311 Å². The molecule has 384 valence electrons. The Kier molecular flexibility index (Phi) is 38.7. The molecule has 0 N–H and O–H groups in total. The molecule has 3 aromatic rings. The van der Waals surface area contributed by atoms with Crippen LogP contribution < -0.4 is 4.74 Å². The number of aromatic nitrogens is 2. The van der Waals surface area contributed by atoms with Crippen LogP contribution >= 0.6 is 0 Å². The third kappa shape index (κ3) is 29.6. The molecule has 0 amide bonds. The molecule has 0 unspecified atom stereocenters. The third-order valence-corrected chi connectivity index (χ3v) is 15.2. The van der Waals surface area contributed by atoms with E-state index in [1.807, 2.05) is 12.4 Å². The van der Waals surface area contributed by atoms with Gasteiger partial charge < -0.3 is 4.74 Å². The van der Waals surface area contributed by atoms with Crippen LogP contribution in [-0.2, 0) is 12.8 Å². The van der Waals surface area contributed by atoms with E-state index < -0.39 is 0 Å². The standard InChI is InChI=1S/C64H112N2O/c1-4-7-10-13-16-19-22-25-28-31-34-37-40-43-46-49-56-67-61-57-60-58(50-47-44-41-38-35-32-29-26-23-20-17-14-11-8-5-2)52-54-65-63(60)64-62(61)59(53-55-66-64)51-48-45-42-39-36-33-30-27-24-21-18-15-12-9-6-3/h52-55,57H,4-51,56H2,1-3H3. The van der Waals surface area contributed by atoms with Gasteiger partial charge in [-0.15, -0.1) is 0 Å². The molecule has 0 aliphatic carbocycles. The van der Waals surface area contributed by atoms with Crippen molar-refractivity contribution in [2.75, 3.05) is 6.61 Å². The summed E-state index contributed by atoms with van der Waals surface area (Å²) in [7, 11) is 0. The first kappa shape index (κ1) is 59.2. The van der Waals surface area contributed by atoms with Crippen LogP contribution in [0.5, 0.6) is 5.75 Å². The summed E-state index contributed by atoms with van der Waals surface area (Å²) in [5.74, 6) is 1.05. The van der Waals surface area contributed by atoms with E-state index in [4.69, 9.17) is 14.7 Å². The van der Waals surface area contributed by atoms with E-state index in [1.54, 1.807) is 0 Å². The Labute approximate surface area is 417 Å². The first-order chi connectivity index (χ1) is 33.3. The van der Waals surface area contributed by atoms with Gasteiger partial charge >= 0.3 is 0 Å². The van der Waals surface area contributed by atoms with Crippen LogP contribution in [0.15, 0.2) is 30.6 Å². The lowest BCUT2D eigenvalue weighted by molar-refractivity contribution is 0.308. The average molecular weight is 926 g/mol. The van der Waals surface area contributed by atoms with E-state index >= 15 is 0 Å². The highest BCUT2D eigenvalue weighted by Gasteiger charge is 2.16. The highest BCUT2D eigenvalue weighted by atomic mass is 16.5. The smallest absolute Gasteiger partial charge is 0.129 e. The lowest BCUT2D eigenvalue weighted by Gasteiger charge is -2.16. The molecule has 2 heterocycles. The van der Waals surface area contributed by atoms with Gasteiger partial charge in [0.1, 0.15) is 11.3 Å². The van der Waals surface area contributed by atoms with Crippen molar-refractivity contribution in [2.45, 2.75) is 329 Å². The summed E-state index contributed by atoms with van der Waals surface area (Å²) in [6.07, 6.45) is 70.6. The Balaban J connectivity index is 1.45. The molecular weight excluding hydrogens is 813 g/mol. The fourth-order valence-corrected chi connectivity index (χ4v) is 10.8. The predicted octanol–water partition coefficient (Wildman–Crippen LogP) is 22.3. The predicted molar refractivity (Wildman–Crippen MR) is 299 cm³/mol. The summed E-state index contributed by atoms with van der Waals surface area (Å²) in [5.41, 5.74) is 4.94. The van der Waals surface area contributed by atoms with Crippen molar-refractivity contribution in [3.63, 3.8) is 0 Å². The highest BCUT2D eigenvalue weighted by Crippen LogP contribution is 2.36. The van der Waals surface area contributed by atoms with Gasteiger partial charge in [0.25, 0.3) is 0 Å². The molecule has 1 aromatic carbocycles. The summed E-state index contributed by atoms with van der Waals surface area (Å²) in [6.45, 7) is 7.72. The van der Waals surface area contributed by atoms with Crippen LogP contribution in [0.1, 0.15) is 327 Å². The SMILES string of the molecule is CCCCCCCCCCCCCCCCCCOc1cc2c(CCCCCCCCCCCCCCCCC)ccnc2c2nccc(CCCCCCCCCCCCCCCCC)c12. The number of pyridine rings is 2. The molecule has 0 radical (unpaired) electrons. The fourth-order valence-electron chi connectivity index (χ4n) is 10.8. The zero-order valence-electron chi connectivity index (χ0n) is 45.3. The number of benzene rings is 1. The van der Waals surface area contributed by atoms with Crippen LogP contribution in [0.3, 0.4) is 0 Å². The summed E-state index contributed by atoms with van der Waals surface area (Å²) in [5, 5.41) is 2.49. The first-order valence-corrected chi connectivity index (χ1v) is 30.6. The topological polar surface area (TPSA) is 35.0 Å². The van der Waals surface area contributed by atoms with Crippen LogP contribution in [-0.4, -0.2) is 16.6 Å². The number of nitrogens with zero attached hydrogens (tertiary/aromatic N) is 2. The van der Waals surface area contributed by atoms with Gasteiger partial charge in [-0.1, -0.05) is 297 Å². The normalized spacial score (nSPS) is 11.7. The second kappa shape index (κ2) is 43.8. The largest absolute Gasteiger partial charge is 0.493 e. The molecule has 2 aromatic heterocycles. The Hall–Kier alpha value is -2.16. The van der Waals surface area contributed by atoms with Crippen LogP contribution in [0, 0.1) is 0 Å². The summed E-state index contributed by atoms with van der Waals surface area (Å²) >= 11 is 0. The van der Waals surface area contributed by atoms with Gasteiger partial charge in [0, 0.05) is 23.2 Å². The number of unbranched alkanes of at least 4 members (excludes halogenated alkanes) is 43. The van der Waals surface area contributed by atoms with Gasteiger partial charge in [-0.3, -0.25) is 9.97 Å². The van der Waals surface area contributed by atoms with E-state index in [9.17, 15) is 0 Å². The third-order valence-electron chi connectivity index (χ3n) is 15.2. The number of hydrogen-bond acceptors (Lipinski definition) is 3. The van der Waals surface area contributed by atoms with E-state index in [-0.39, 0.29) is 0 Å². The number of ether oxygens (including phenoxy) is 1. The van der Waals surface area contributed by atoms with Crippen LogP contribution in [0.4, 0.5) is 0 Å². The molecule has 67 heavy (non-hydrogen) atoms. The molecule has 0 aliphatic heterocycles. The second-order valence-electron chi connectivity index (χ2n) is 21.5. The Morgan fingerprint density at radius 3 is 0.955 bits per heavy atom. The number of aryl methyl sites for hydroxylation is 2. The van der Waals surface area contributed by atoms with Crippen molar-refractivity contribution in [2.24, 2.45) is 0 Å². The van der Waals surface area contributed by atoms with Crippen molar-refractivity contribution in [3.8, 4) is 5.75 Å². The fraction of sp³-hybridized carbons (Fsp3) is 0.812. The maximum atomic E-state index is 6.83. The van der Waals surface area contributed by atoms with Gasteiger partial charge in [0.15, 0.2) is 0 Å². The minimum absolute atomic E-state index is 0.793. The Morgan fingerprint density at radius 1 is 0.313 bits per heavy atom. The molecule has 0 fully saturated rings. The summed E-state index contributed by atoms with van der Waals surface area (Å²) in [4.78, 5) is 10.1. The first-order valence-electron chi connectivity index (χ1n) is 30.6. The molecular formula is C64H112N2O. The molecule has 0 bridgehead atoms. The highest BCUT2D eigenvalue weighted by molar-refractivity contribution is 6.08. The zero-order valence-corrected chi connectivity index (χ0v) is 45.3. The molecule has 0 spiro atoms. The maximum absolute atomic E-state index is 6.83. The molecule has 0 atom stereocenters. The summed E-state index contributed by atoms with van der Waals surface area (Å²) in [6, 6.07) is 6.92. The van der Waals surface area contributed by atoms with Crippen molar-refractivity contribution >= 4 is 21.8 Å². The van der Waals surface area contributed by atoms with Gasteiger partial charge in [0.05, 0.1) is 12.1 Å². The Morgan fingerprint density at radius 2 is 0.597 bits per heavy atom. The number of hydrogen-bond donors (Lipinski definition) is 0. The number of rotatable bonds is 50. The monoisotopic (exact) mass is 925 g/mol. The molecule has 3 heteroatoms.